The SMILES string of the molecule is O=Cc1ccc(-c2ccc(N3CCCC3)nc2)o1. The minimum atomic E-state index is 0.341. The van der Waals surface area contributed by atoms with Crippen molar-refractivity contribution in [3.63, 3.8) is 0 Å². The van der Waals surface area contributed by atoms with Crippen molar-refractivity contribution < 1.29 is 9.21 Å². The Morgan fingerprint density at radius 2 is 2.00 bits per heavy atom. The van der Waals surface area contributed by atoms with Crippen LogP contribution in [0.4, 0.5) is 5.82 Å². The van der Waals surface area contributed by atoms with Gasteiger partial charge < -0.3 is 9.32 Å². The Morgan fingerprint density at radius 1 is 1.17 bits per heavy atom. The lowest BCUT2D eigenvalue weighted by atomic mass is 10.2. The molecular weight excluding hydrogens is 228 g/mol. The third-order valence-corrected chi connectivity index (χ3v) is 3.21. The van der Waals surface area contributed by atoms with E-state index in [1.807, 2.05) is 12.1 Å². The average molecular weight is 242 g/mol. The van der Waals surface area contributed by atoms with Gasteiger partial charge in [-0.05, 0) is 37.1 Å². The number of hydrogen-bond donors (Lipinski definition) is 0. The first kappa shape index (κ1) is 11.0. The van der Waals surface area contributed by atoms with Crippen molar-refractivity contribution in [2.45, 2.75) is 12.8 Å². The third-order valence-electron chi connectivity index (χ3n) is 3.21. The summed E-state index contributed by atoms with van der Waals surface area (Å²) in [5.74, 6) is 2.03. The van der Waals surface area contributed by atoms with Crippen molar-refractivity contribution in [2.75, 3.05) is 18.0 Å². The first-order chi connectivity index (χ1) is 8.86. The molecule has 2 aromatic rings. The molecule has 92 valence electrons. The fourth-order valence-electron chi connectivity index (χ4n) is 2.24. The molecule has 0 amide bonds. The Morgan fingerprint density at radius 3 is 2.61 bits per heavy atom. The van der Waals surface area contributed by atoms with Crippen LogP contribution in [0.3, 0.4) is 0 Å². The first-order valence-corrected chi connectivity index (χ1v) is 6.13. The van der Waals surface area contributed by atoms with Crippen LogP contribution in [0.2, 0.25) is 0 Å². The van der Waals surface area contributed by atoms with Crippen LogP contribution in [-0.4, -0.2) is 24.4 Å². The van der Waals surface area contributed by atoms with Gasteiger partial charge >= 0.3 is 0 Å². The maximum Gasteiger partial charge on any atom is 0.185 e. The fraction of sp³-hybridized carbons (Fsp3) is 0.286. The van der Waals surface area contributed by atoms with E-state index in [0.717, 1.165) is 24.5 Å². The number of rotatable bonds is 3. The van der Waals surface area contributed by atoms with Gasteiger partial charge in [0.15, 0.2) is 12.0 Å². The van der Waals surface area contributed by atoms with E-state index in [9.17, 15) is 4.79 Å². The van der Waals surface area contributed by atoms with Crippen LogP contribution >= 0.6 is 0 Å². The van der Waals surface area contributed by atoms with Crippen molar-refractivity contribution in [1.82, 2.24) is 4.98 Å². The van der Waals surface area contributed by atoms with E-state index in [4.69, 9.17) is 4.42 Å². The fourth-order valence-corrected chi connectivity index (χ4v) is 2.24. The highest BCUT2D eigenvalue weighted by Crippen LogP contribution is 2.24. The lowest BCUT2D eigenvalue weighted by Crippen LogP contribution is -2.18. The van der Waals surface area contributed by atoms with Crippen LogP contribution in [0, 0.1) is 0 Å². The van der Waals surface area contributed by atoms with E-state index in [1.54, 1.807) is 18.3 Å². The van der Waals surface area contributed by atoms with E-state index in [0.29, 0.717) is 17.8 Å². The molecule has 0 unspecified atom stereocenters. The molecule has 1 saturated heterocycles. The van der Waals surface area contributed by atoms with Gasteiger partial charge in [-0.15, -0.1) is 0 Å². The maximum atomic E-state index is 10.6. The lowest BCUT2D eigenvalue weighted by Gasteiger charge is -2.15. The smallest absolute Gasteiger partial charge is 0.185 e. The second-order valence-electron chi connectivity index (χ2n) is 4.42. The van der Waals surface area contributed by atoms with Crippen molar-refractivity contribution in [3.8, 4) is 11.3 Å². The topological polar surface area (TPSA) is 46.3 Å². The molecule has 4 heteroatoms. The number of carbonyl (C=O) groups is 1. The molecular formula is C14H14N2O2. The van der Waals surface area contributed by atoms with Crippen molar-refractivity contribution in [2.24, 2.45) is 0 Å². The van der Waals surface area contributed by atoms with Gasteiger partial charge in [0, 0.05) is 24.8 Å². The molecule has 0 N–H and O–H groups in total. The van der Waals surface area contributed by atoms with Crippen molar-refractivity contribution in [1.29, 1.82) is 0 Å². The van der Waals surface area contributed by atoms with E-state index in [-0.39, 0.29) is 0 Å². The Balaban J connectivity index is 1.83. The van der Waals surface area contributed by atoms with Gasteiger partial charge in [-0.2, -0.15) is 0 Å². The Bertz CT molecular complexity index is 539. The molecule has 1 aliphatic heterocycles. The number of pyridine rings is 1. The zero-order chi connectivity index (χ0) is 12.4. The standard InChI is InChI=1S/C14H14N2O2/c17-10-12-4-5-13(18-12)11-3-6-14(15-9-11)16-7-1-2-8-16/h3-6,9-10H,1-2,7-8H2. The summed E-state index contributed by atoms with van der Waals surface area (Å²) in [4.78, 5) is 17.3. The number of carbonyl (C=O) groups excluding carboxylic acids is 1. The molecule has 3 heterocycles. The number of aromatic nitrogens is 1. The number of furan rings is 1. The highest BCUT2D eigenvalue weighted by Gasteiger charge is 2.13. The Hall–Kier alpha value is -2.10. The van der Waals surface area contributed by atoms with E-state index in [2.05, 4.69) is 9.88 Å². The van der Waals surface area contributed by atoms with Crippen LogP contribution in [0.1, 0.15) is 23.4 Å². The van der Waals surface area contributed by atoms with E-state index < -0.39 is 0 Å². The van der Waals surface area contributed by atoms with Gasteiger partial charge in [0.05, 0.1) is 0 Å². The van der Waals surface area contributed by atoms with Gasteiger partial charge in [0.1, 0.15) is 11.6 Å². The molecule has 0 radical (unpaired) electrons. The zero-order valence-corrected chi connectivity index (χ0v) is 10.0. The normalized spacial score (nSPS) is 15.0. The zero-order valence-electron chi connectivity index (χ0n) is 10.0. The largest absolute Gasteiger partial charge is 0.453 e. The molecule has 0 aromatic carbocycles. The number of anilines is 1. The van der Waals surface area contributed by atoms with Crippen molar-refractivity contribution in [3.05, 3.63) is 36.2 Å². The van der Waals surface area contributed by atoms with Gasteiger partial charge in [-0.25, -0.2) is 4.98 Å². The monoisotopic (exact) mass is 242 g/mol. The second kappa shape index (κ2) is 4.64. The highest BCUT2D eigenvalue weighted by atomic mass is 16.3. The summed E-state index contributed by atoms with van der Waals surface area (Å²) in [6, 6.07) is 7.44. The predicted octanol–water partition coefficient (Wildman–Crippen LogP) is 2.75. The van der Waals surface area contributed by atoms with E-state index in [1.165, 1.54) is 12.8 Å². The molecule has 0 atom stereocenters. The molecule has 0 saturated carbocycles. The maximum absolute atomic E-state index is 10.6. The molecule has 0 bridgehead atoms. The van der Waals surface area contributed by atoms with Gasteiger partial charge in [-0.3, -0.25) is 4.79 Å². The summed E-state index contributed by atoms with van der Waals surface area (Å²) in [6.07, 6.45) is 4.98. The Labute approximate surface area is 105 Å². The molecule has 3 rings (SSSR count). The lowest BCUT2D eigenvalue weighted by molar-refractivity contribution is 0.110. The molecule has 18 heavy (non-hydrogen) atoms. The van der Waals surface area contributed by atoms with Crippen LogP contribution < -0.4 is 4.90 Å². The second-order valence-corrected chi connectivity index (χ2v) is 4.42. The molecule has 0 spiro atoms. The van der Waals surface area contributed by atoms with E-state index >= 15 is 0 Å². The quantitative estimate of drug-likeness (QED) is 0.776. The highest BCUT2D eigenvalue weighted by molar-refractivity contribution is 5.72. The minimum Gasteiger partial charge on any atom is -0.453 e. The van der Waals surface area contributed by atoms with Crippen LogP contribution in [0.15, 0.2) is 34.9 Å². The van der Waals surface area contributed by atoms with Crippen LogP contribution in [0.5, 0.6) is 0 Å². The molecule has 0 aliphatic carbocycles. The summed E-state index contributed by atoms with van der Waals surface area (Å²) in [7, 11) is 0. The van der Waals surface area contributed by atoms with Gasteiger partial charge in [-0.1, -0.05) is 0 Å². The number of aldehydes is 1. The third kappa shape index (κ3) is 2.01. The molecule has 2 aromatic heterocycles. The summed E-state index contributed by atoms with van der Waals surface area (Å²) < 4.78 is 5.36. The Kier molecular flexibility index (Phi) is 2.84. The van der Waals surface area contributed by atoms with Crippen LogP contribution in [-0.2, 0) is 0 Å². The molecule has 1 aliphatic rings. The minimum absolute atomic E-state index is 0.341. The van der Waals surface area contributed by atoms with Crippen LogP contribution in [0.25, 0.3) is 11.3 Å². The number of nitrogens with zero attached hydrogens (tertiary/aromatic N) is 2. The summed E-state index contributed by atoms with van der Waals surface area (Å²) >= 11 is 0. The van der Waals surface area contributed by atoms with Crippen molar-refractivity contribution >= 4 is 12.1 Å². The molecule has 4 nitrogen and oxygen atoms in total. The summed E-state index contributed by atoms with van der Waals surface area (Å²) in [6.45, 7) is 2.17. The predicted molar refractivity (Wildman–Crippen MR) is 68.8 cm³/mol. The number of hydrogen-bond acceptors (Lipinski definition) is 4. The summed E-state index contributed by atoms with van der Waals surface area (Å²) in [5, 5.41) is 0. The van der Waals surface area contributed by atoms with Gasteiger partial charge in [0.25, 0.3) is 0 Å². The summed E-state index contributed by atoms with van der Waals surface area (Å²) in [5.41, 5.74) is 0.894. The van der Waals surface area contributed by atoms with Gasteiger partial charge in [0.2, 0.25) is 0 Å². The molecule has 1 fully saturated rings. The average Bonchev–Trinajstić information content (AvgIpc) is 3.10. The first-order valence-electron chi connectivity index (χ1n) is 6.13.